The summed E-state index contributed by atoms with van der Waals surface area (Å²) in [6.45, 7) is 7.79. The maximum atomic E-state index is 14.2. The Morgan fingerprint density at radius 2 is 1.82 bits per heavy atom. The van der Waals surface area contributed by atoms with E-state index in [9.17, 15) is 32.0 Å². The first-order chi connectivity index (χ1) is 23.2. The van der Waals surface area contributed by atoms with Gasteiger partial charge >= 0.3 is 6.09 Å². The molecule has 2 aliphatic heterocycles. The molecule has 0 bridgehead atoms. The van der Waals surface area contributed by atoms with Crippen molar-refractivity contribution in [3.05, 3.63) is 77.1 Å². The molecule has 1 saturated heterocycles. The Balaban J connectivity index is 1.22. The molecule has 2 aromatic carbocycles. The van der Waals surface area contributed by atoms with Crippen LogP contribution in [0.5, 0.6) is 0 Å². The van der Waals surface area contributed by atoms with Crippen molar-refractivity contribution in [2.24, 2.45) is 11.8 Å². The maximum absolute atomic E-state index is 14.2. The Bertz CT molecular complexity index is 1790. The zero-order valence-electron chi connectivity index (χ0n) is 27.2. The van der Waals surface area contributed by atoms with Crippen LogP contribution in [0, 0.1) is 17.7 Å². The number of sulfonamides is 1. The molecule has 15 heteroatoms. The number of anilines is 1. The quantitative estimate of drug-likeness (QED) is 0.298. The third-order valence-corrected chi connectivity index (χ3v) is 11.8. The fraction of sp³-hybridized carbons (Fsp3) is 0.471. The second-order valence-electron chi connectivity index (χ2n) is 13.5. The van der Waals surface area contributed by atoms with Crippen molar-refractivity contribution < 1.29 is 36.7 Å². The molecule has 3 fully saturated rings. The fourth-order valence-electron chi connectivity index (χ4n) is 6.54. The first-order valence-electron chi connectivity index (χ1n) is 16.3. The molecular formula is C34H39ClFN5O7S. The largest absolute Gasteiger partial charge is 0.444 e. The normalized spacial score (nSPS) is 25.0. The molecule has 4 amide bonds. The molecule has 12 nitrogen and oxygen atoms in total. The van der Waals surface area contributed by atoms with Crippen LogP contribution in [0.1, 0.15) is 50.7 Å². The average Bonchev–Trinajstić information content (AvgIpc) is 3.94. The van der Waals surface area contributed by atoms with Gasteiger partial charge in [-0.25, -0.2) is 17.6 Å². The minimum atomic E-state index is -3.90. The smallest absolute Gasteiger partial charge is 0.410 e. The van der Waals surface area contributed by atoms with Gasteiger partial charge in [-0.1, -0.05) is 43.7 Å². The highest BCUT2D eigenvalue weighted by molar-refractivity contribution is 7.91. The SMILES string of the molecule is C=C[C@@H]1C[C@]1(NC(=O)C1C[C@@H](OC(=O)N2Cc3cccc(Cl)c3C2)CN1C(=O)[C@@H](Nc1ccc(F)cc1)C(C)C)C(=O)NS(=O)(=O)C1CC1. The number of ether oxygens (including phenoxy) is 1. The van der Waals surface area contributed by atoms with Crippen LogP contribution in [0.3, 0.4) is 0 Å². The van der Waals surface area contributed by atoms with Gasteiger partial charge in [0.05, 0.1) is 18.3 Å². The highest BCUT2D eigenvalue weighted by atomic mass is 35.5. The molecule has 3 N–H and O–H groups in total. The summed E-state index contributed by atoms with van der Waals surface area (Å²) in [5, 5.41) is 5.76. The number of amides is 4. The van der Waals surface area contributed by atoms with Crippen LogP contribution in [0.25, 0.3) is 0 Å². The van der Waals surface area contributed by atoms with E-state index in [4.69, 9.17) is 16.3 Å². The molecule has 1 unspecified atom stereocenters. The van der Waals surface area contributed by atoms with Crippen molar-refractivity contribution in [2.75, 3.05) is 11.9 Å². The number of nitrogens with one attached hydrogen (secondary N) is 3. The summed E-state index contributed by atoms with van der Waals surface area (Å²) in [6.07, 6.45) is 0.935. The van der Waals surface area contributed by atoms with Gasteiger partial charge in [0.15, 0.2) is 0 Å². The van der Waals surface area contributed by atoms with E-state index >= 15 is 0 Å². The number of carbonyl (C=O) groups is 4. The van der Waals surface area contributed by atoms with Gasteiger partial charge in [-0.15, -0.1) is 6.58 Å². The third-order valence-electron chi connectivity index (χ3n) is 9.65. The van der Waals surface area contributed by atoms with Gasteiger partial charge in [0, 0.05) is 29.6 Å². The van der Waals surface area contributed by atoms with E-state index in [2.05, 4.69) is 21.9 Å². The predicted molar refractivity (Wildman–Crippen MR) is 179 cm³/mol. The summed E-state index contributed by atoms with van der Waals surface area (Å²) in [5.41, 5.74) is 0.643. The van der Waals surface area contributed by atoms with Gasteiger partial charge in [0.1, 0.15) is 29.5 Å². The van der Waals surface area contributed by atoms with E-state index in [1.807, 2.05) is 19.9 Å². The minimum absolute atomic E-state index is 0.0664. The van der Waals surface area contributed by atoms with Crippen LogP contribution in [0.2, 0.25) is 5.02 Å². The lowest BCUT2D eigenvalue weighted by Crippen LogP contribution is -2.58. The monoisotopic (exact) mass is 715 g/mol. The van der Waals surface area contributed by atoms with E-state index in [0.29, 0.717) is 23.6 Å². The van der Waals surface area contributed by atoms with E-state index in [1.165, 1.54) is 40.1 Å². The molecule has 262 valence electrons. The minimum Gasteiger partial charge on any atom is -0.444 e. The van der Waals surface area contributed by atoms with Crippen molar-refractivity contribution >= 4 is 51.1 Å². The number of likely N-dealkylation sites (tertiary alicyclic amines) is 1. The van der Waals surface area contributed by atoms with E-state index in [0.717, 1.165) is 11.1 Å². The van der Waals surface area contributed by atoms with Crippen molar-refractivity contribution in [3.8, 4) is 0 Å². The topological polar surface area (TPSA) is 154 Å². The molecular weight excluding hydrogens is 677 g/mol. The summed E-state index contributed by atoms with van der Waals surface area (Å²) in [5.74, 6) is -3.28. The number of fused-ring (bicyclic) bond motifs is 1. The molecule has 5 atom stereocenters. The average molecular weight is 716 g/mol. The summed E-state index contributed by atoms with van der Waals surface area (Å²) in [6, 6.07) is 8.92. The number of benzene rings is 2. The summed E-state index contributed by atoms with van der Waals surface area (Å²) in [4.78, 5) is 57.8. The molecule has 0 aromatic heterocycles. The highest BCUT2D eigenvalue weighted by Crippen LogP contribution is 2.45. The van der Waals surface area contributed by atoms with Crippen molar-refractivity contribution in [1.29, 1.82) is 0 Å². The van der Waals surface area contributed by atoms with Crippen LogP contribution in [0.15, 0.2) is 55.1 Å². The van der Waals surface area contributed by atoms with E-state index < -0.39 is 74.5 Å². The second-order valence-corrected chi connectivity index (χ2v) is 15.9. The van der Waals surface area contributed by atoms with Gasteiger partial charge in [-0.3, -0.25) is 24.0 Å². The van der Waals surface area contributed by atoms with Crippen LogP contribution in [-0.4, -0.2) is 77.6 Å². The number of carbonyl (C=O) groups excluding carboxylic acids is 4. The second kappa shape index (κ2) is 13.3. The number of halogens is 2. The number of hydrogen-bond donors (Lipinski definition) is 3. The Kier molecular flexibility index (Phi) is 9.40. The molecule has 2 saturated carbocycles. The van der Waals surface area contributed by atoms with E-state index in [-0.39, 0.29) is 38.4 Å². The molecule has 2 aromatic rings. The molecule has 49 heavy (non-hydrogen) atoms. The predicted octanol–water partition coefficient (Wildman–Crippen LogP) is 3.71. The number of nitrogens with zero attached hydrogens (tertiary/aromatic N) is 2. The fourth-order valence-corrected chi connectivity index (χ4v) is 8.16. The lowest BCUT2D eigenvalue weighted by molar-refractivity contribution is -0.140. The van der Waals surface area contributed by atoms with Crippen LogP contribution < -0.4 is 15.4 Å². The van der Waals surface area contributed by atoms with Gasteiger partial charge in [-0.2, -0.15) is 0 Å². The molecule has 4 aliphatic rings. The van der Waals surface area contributed by atoms with Gasteiger partial charge in [0.2, 0.25) is 21.8 Å². The van der Waals surface area contributed by atoms with Crippen molar-refractivity contribution in [3.63, 3.8) is 0 Å². The molecule has 6 rings (SSSR count). The zero-order valence-corrected chi connectivity index (χ0v) is 28.7. The third kappa shape index (κ3) is 7.11. The summed E-state index contributed by atoms with van der Waals surface area (Å²) < 4.78 is 46.8. The molecule has 0 radical (unpaired) electrons. The Labute approximate surface area is 289 Å². The number of hydrogen-bond acceptors (Lipinski definition) is 8. The maximum Gasteiger partial charge on any atom is 0.410 e. The van der Waals surface area contributed by atoms with E-state index in [1.54, 1.807) is 12.1 Å². The van der Waals surface area contributed by atoms with Crippen LogP contribution >= 0.6 is 11.6 Å². The van der Waals surface area contributed by atoms with Crippen molar-refractivity contribution in [1.82, 2.24) is 19.8 Å². The summed E-state index contributed by atoms with van der Waals surface area (Å²) in [7, 11) is -3.90. The standard InChI is InChI=1S/C34H39ClFN5O7S/c1-4-21-15-34(21,32(44)39-49(46,47)25-12-13-25)38-30(42)28-14-24(48-33(45)40-16-20-6-5-7-27(35)26(20)18-40)17-41(28)31(43)29(19(2)3)37-23-10-8-22(36)9-11-23/h4-11,19,21,24-25,28-29,37H,1,12-18H2,2-3H3,(H,38,42)(H,39,44)/t21-,24-,28?,29+,34-/m1/s1. The Hall–Kier alpha value is -4.17. The van der Waals surface area contributed by atoms with Gasteiger partial charge < -0.3 is 20.3 Å². The summed E-state index contributed by atoms with van der Waals surface area (Å²) >= 11 is 6.33. The molecule has 2 heterocycles. The Morgan fingerprint density at radius 3 is 2.43 bits per heavy atom. The molecule has 0 spiro atoms. The molecule has 2 aliphatic carbocycles. The first-order valence-corrected chi connectivity index (χ1v) is 18.2. The highest BCUT2D eigenvalue weighted by Gasteiger charge is 2.62. The first kappa shape index (κ1) is 34.7. The zero-order chi connectivity index (χ0) is 35.2. The van der Waals surface area contributed by atoms with Crippen molar-refractivity contribution in [2.45, 2.75) is 81.6 Å². The Morgan fingerprint density at radius 1 is 1.10 bits per heavy atom. The van der Waals surface area contributed by atoms with Gasteiger partial charge in [-0.05, 0) is 66.6 Å². The van der Waals surface area contributed by atoms with Gasteiger partial charge in [0.25, 0.3) is 5.91 Å². The lowest BCUT2D eigenvalue weighted by Gasteiger charge is -2.31. The lowest BCUT2D eigenvalue weighted by atomic mass is 10.0. The number of rotatable bonds is 11. The van der Waals surface area contributed by atoms with Crippen LogP contribution in [-0.2, 0) is 42.2 Å². The van der Waals surface area contributed by atoms with Crippen LogP contribution in [0.4, 0.5) is 14.9 Å².